The first-order valence-electron chi connectivity index (χ1n) is 5.94. The third-order valence-electron chi connectivity index (χ3n) is 3.32. The Kier molecular flexibility index (Phi) is 2.26. The molecule has 3 rings (SSSR count). The molecule has 4 heteroatoms. The Morgan fingerprint density at radius 1 is 1.39 bits per heavy atom. The molecule has 4 nitrogen and oxygen atoms in total. The summed E-state index contributed by atoms with van der Waals surface area (Å²) < 4.78 is 0. The maximum atomic E-state index is 11.4. The molecule has 1 aromatic carbocycles. The van der Waals surface area contributed by atoms with E-state index in [4.69, 9.17) is 0 Å². The summed E-state index contributed by atoms with van der Waals surface area (Å²) >= 11 is 0. The van der Waals surface area contributed by atoms with Crippen LogP contribution in [0, 0.1) is 6.92 Å². The van der Waals surface area contributed by atoms with Crippen LogP contribution in [-0.4, -0.2) is 21.2 Å². The number of hydrogen-bond donors (Lipinski definition) is 2. The lowest BCUT2D eigenvalue weighted by Crippen LogP contribution is -2.03. The summed E-state index contributed by atoms with van der Waals surface area (Å²) in [7, 11) is 0. The zero-order valence-electron chi connectivity index (χ0n) is 9.97. The molecule has 0 atom stereocenters. The molecule has 92 valence electrons. The van der Waals surface area contributed by atoms with Crippen LogP contribution in [0.3, 0.4) is 0 Å². The smallest absolute Gasteiger partial charge is 0.340 e. The van der Waals surface area contributed by atoms with Gasteiger partial charge >= 0.3 is 5.97 Å². The Labute approximate surface area is 104 Å². The van der Waals surface area contributed by atoms with E-state index in [-0.39, 0.29) is 17.2 Å². The number of aromatic hydroxyl groups is 1. The van der Waals surface area contributed by atoms with Crippen molar-refractivity contribution in [3.05, 3.63) is 35.0 Å². The first-order chi connectivity index (χ1) is 8.58. The third-order valence-corrected chi connectivity index (χ3v) is 3.32. The number of pyridine rings is 1. The van der Waals surface area contributed by atoms with Crippen molar-refractivity contribution in [2.24, 2.45) is 0 Å². The number of aromatic carboxylic acids is 1. The van der Waals surface area contributed by atoms with Gasteiger partial charge in [-0.3, -0.25) is 0 Å². The van der Waals surface area contributed by atoms with Crippen LogP contribution in [0.25, 0.3) is 10.9 Å². The lowest BCUT2D eigenvalue weighted by molar-refractivity contribution is 0.0695. The second-order valence-electron chi connectivity index (χ2n) is 4.82. The standard InChI is InChI=1S/C14H13NO3/c1-7-2-5-10-9(6-7)11(14(17)18)13(16)12(15-10)8-3-4-8/h2,5-6,8,16H,3-4H2,1H3,(H,17,18). The van der Waals surface area contributed by atoms with Gasteiger partial charge in [0, 0.05) is 11.3 Å². The molecular formula is C14H13NO3. The molecule has 18 heavy (non-hydrogen) atoms. The molecule has 0 spiro atoms. The van der Waals surface area contributed by atoms with Crippen LogP contribution in [0.1, 0.15) is 40.4 Å². The van der Waals surface area contributed by atoms with E-state index < -0.39 is 5.97 Å². The highest BCUT2D eigenvalue weighted by atomic mass is 16.4. The summed E-state index contributed by atoms with van der Waals surface area (Å²) in [5.74, 6) is -1.05. The molecule has 2 aromatic rings. The van der Waals surface area contributed by atoms with Gasteiger partial charge in [-0.25, -0.2) is 9.78 Å². The van der Waals surface area contributed by atoms with Crippen molar-refractivity contribution in [2.75, 3.05) is 0 Å². The van der Waals surface area contributed by atoms with Crippen LogP contribution in [0.2, 0.25) is 0 Å². The maximum absolute atomic E-state index is 11.4. The summed E-state index contributed by atoms with van der Waals surface area (Å²) in [6.45, 7) is 1.89. The number of aromatic nitrogens is 1. The average molecular weight is 243 g/mol. The molecule has 1 fully saturated rings. The summed E-state index contributed by atoms with van der Waals surface area (Å²) in [5.41, 5.74) is 2.09. The minimum atomic E-state index is -1.10. The molecule has 0 saturated heterocycles. The maximum Gasteiger partial charge on any atom is 0.340 e. The first-order valence-corrected chi connectivity index (χ1v) is 5.94. The van der Waals surface area contributed by atoms with Crippen LogP contribution in [0.4, 0.5) is 0 Å². The van der Waals surface area contributed by atoms with Crippen molar-refractivity contribution >= 4 is 16.9 Å². The van der Waals surface area contributed by atoms with Gasteiger partial charge in [0.15, 0.2) is 5.75 Å². The molecule has 1 aliphatic rings. The van der Waals surface area contributed by atoms with Gasteiger partial charge in [0.25, 0.3) is 0 Å². The number of rotatable bonds is 2. The van der Waals surface area contributed by atoms with Gasteiger partial charge < -0.3 is 10.2 Å². The minimum Gasteiger partial charge on any atom is -0.505 e. The van der Waals surface area contributed by atoms with Crippen LogP contribution >= 0.6 is 0 Å². The molecule has 1 heterocycles. The van der Waals surface area contributed by atoms with E-state index in [1.807, 2.05) is 19.1 Å². The van der Waals surface area contributed by atoms with Gasteiger partial charge in [0.2, 0.25) is 0 Å². The zero-order valence-corrected chi connectivity index (χ0v) is 9.97. The fraction of sp³-hybridized carbons (Fsp3) is 0.286. The number of carboxylic acid groups (broad SMARTS) is 1. The Bertz CT molecular complexity index is 660. The van der Waals surface area contributed by atoms with Crippen molar-refractivity contribution in [3.63, 3.8) is 0 Å². The van der Waals surface area contributed by atoms with Crippen molar-refractivity contribution in [1.82, 2.24) is 4.98 Å². The number of carbonyl (C=O) groups is 1. The fourth-order valence-corrected chi connectivity index (χ4v) is 2.24. The van der Waals surface area contributed by atoms with Crippen molar-refractivity contribution in [1.29, 1.82) is 0 Å². The van der Waals surface area contributed by atoms with Crippen molar-refractivity contribution < 1.29 is 15.0 Å². The number of nitrogens with zero attached hydrogens (tertiary/aromatic N) is 1. The molecule has 1 aliphatic carbocycles. The van der Waals surface area contributed by atoms with E-state index in [0.717, 1.165) is 18.4 Å². The number of aryl methyl sites for hydroxylation is 1. The predicted molar refractivity (Wildman–Crippen MR) is 67.1 cm³/mol. The van der Waals surface area contributed by atoms with Crippen LogP contribution in [-0.2, 0) is 0 Å². The van der Waals surface area contributed by atoms with Crippen LogP contribution in [0.5, 0.6) is 5.75 Å². The van der Waals surface area contributed by atoms with Gasteiger partial charge in [0.05, 0.1) is 11.2 Å². The van der Waals surface area contributed by atoms with Gasteiger partial charge in [-0.2, -0.15) is 0 Å². The highest BCUT2D eigenvalue weighted by Gasteiger charge is 2.31. The molecule has 0 aliphatic heterocycles. The highest BCUT2D eigenvalue weighted by Crippen LogP contribution is 2.45. The topological polar surface area (TPSA) is 70.4 Å². The van der Waals surface area contributed by atoms with E-state index in [2.05, 4.69) is 4.98 Å². The normalized spacial score (nSPS) is 14.9. The van der Waals surface area contributed by atoms with E-state index in [0.29, 0.717) is 16.6 Å². The Morgan fingerprint density at radius 2 is 2.11 bits per heavy atom. The average Bonchev–Trinajstić information content (AvgIpc) is 3.11. The Balaban J connectivity index is 2.39. The molecule has 2 N–H and O–H groups in total. The lowest BCUT2D eigenvalue weighted by atomic mass is 10.0. The molecule has 0 unspecified atom stereocenters. The van der Waals surface area contributed by atoms with E-state index in [1.165, 1.54) is 0 Å². The molecule has 1 saturated carbocycles. The number of fused-ring (bicyclic) bond motifs is 1. The second kappa shape index (κ2) is 3.70. The Hall–Kier alpha value is -2.10. The number of hydrogen-bond acceptors (Lipinski definition) is 3. The molecule has 1 aromatic heterocycles. The van der Waals surface area contributed by atoms with E-state index in [9.17, 15) is 15.0 Å². The molecule has 0 amide bonds. The van der Waals surface area contributed by atoms with Gasteiger partial charge in [-0.05, 0) is 31.9 Å². The largest absolute Gasteiger partial charge is 0.505 e. The molecular weight excluding hydrogens is 230 g/mol. The zero-order chi connectivity index (χ0) is 12.9. The van der Waals surface area contributed by atoms with Crippen LogP contribution in [0.15, 0.2) is 18.2 Å². The summed E-state index contributed by atoms with van der Waals surface area (Å²) in [5, 5.41) is 19.9. The summed E-state index contributed by atoms with van der Waals surface area (Å²) in [4.78, 5) is 15.8. The lowest BCUT2D eigenvalue weighted by Gasteiger charge is -2.10. The van der Waals surface area contributed by atoms with E-state index in [1.54, 1.807) is 6.07 Å². The van der Waals surface area contributed by atoms with Gasteiger partial charge in [0.1, 0.15) is 5.56 Å². The van der Waals surface area contributed by atoms with Crippen LogP contribution < -0.4 is 0 Å². The SMILES string of the molecule is Cc1ccc2nc(C3CC3)c(O)c(C(=O)O)c2c1. The van der Waals surface area contributed by atoms with Gasteiger partial charge in [-0.1, -0.05) is 11.6 Å². The third kappa shape index (κ3) is 1.61. The number of benzene rings is 1. The number of carboxylic acids is 1. The highest BCUT2D eigenvalue weighted by molar-refractivity contribution is 6.05. The van der Waals surface area contributed by atoms with Crippen molar-refractivity contribution in [3.8, 4) is 5.75 Å². The molecule has 0 radical (unpaired) electrons. The fourth-order valence-electron chi connectivity index (χ4n) is 2.24. The van der Waals surface area contributed by atoms with Gasteiger partial charge in [-0.15, -0.1) is 0 Å². The predicted octanol–water partition coefficient (Wildman–Crippen LogP) is 2.82. The quantitative estimate of drug-likeness (QED) is 0.850. The second-order valence-corrected chi connectivity index (χ2v) is 4.82. The van der Waals surface area contributed by atoms with E-state index >= 15 is 0 Å². The molecule has 0 bridgehead atoms. The Morgan fingerprint density at radius 3 is 2.72 bits per heavy atom. The monoisotopic (exact) mass is 243 g/mol. The summed E-state index contributed by atoms with van der Waals surface area (Å²) in [6, 6.07) is 5.46. The van der Waals surface area contributed by atoms with Crippen molar-refractivity contribution in [2.45, 2.75) is 25.7 Å². The minimum absolute atomic E-state index is 0.0226. The summed E-state index contributed by atoms with van der Waals surface area (Å²) in [6.07, 6.45) is 1.94. The first kappa shape index (κ1) is 11.0.